The van der Waals surface area contributed by atoms with Crippen LogP contribution in [0.4, 0.5) is 0 Å². The Morgan fingerprint density at radius 2 is 2.37 bits per heavy atom. The lowest BCUT2D eigenvalue weighted by Gasteiger charge is -2.20. The highest BCUT2D eigenvalue weighted by Gasteiger charge is 2.28. The molecule has 0 spiro atoms. The lowest BCUT2D eigenvalue weighted by molar-refractivity contribution is 0.0143. The summed E-state index contributed by atoms with van der Waals surface area (Å²) in [6.07, 6.45) is 3.37. The Morgan fingerprint density at radius 1 is 1.63 bits per heavy atom. The molecule has 2 rings (SSSR count). The number of fused-ring (bicyclic) bond motifs is 1. The average Bonchev–Trinajstić information content (AvgIpc) is 2.77. The van der Waals surface area contributed by atoms with E-state index in [1.54, 1.807) is 22.6 Å². The molecule has 1 aliphatic rings. The topological polar surface area (TPSA) is 47.4 Å². The predicted octanol–water partition coefficient (Wildman–Crippen LogP) is 2.27. The molecule has 1 atom stereocenters. The first-order valence-corrected chi connectivity index (χ1v) is 7.26. The maximum atomic E-state index is 12.3. The first kappa shape index (κ1) is 14.1. The molecule has 1 aromatic rings. The first-order valence-electron chi connectivity index (χ1n) is 6.28. The predicted molar refractivity (Wildman–Crippen MR) is 76.0 cm³/mol. The van der Waals surface area contributed by atoms with Crippen molar-refractivity contribution < 1.29 is 9.53 Å². The largest absolute Gasteiger partial charge is 0.382 e. The van der Waals surface area contributed by atoms with E-state index in [0.717, 1.165) is 16.4 Å². The van der Waals surface area contributed by atoms with Crippen molar-refractivity contribution in [3.05, 3.63) is 28.6 Å². The van der Waals surface area contributed by atoms with Crippen LogP contribution in [-0.4, -0.2) is 41.2 Å². The summed E-state index contributed by atoms with van der Waals surface area (Å²) in [4.78, 5) is 15.0. The molecule has 2 heterocycles. The van der Waals surface area contributed by atoms with Crippen LogP contribution in [0.25, 0.3) is 0 Å². The van der Waals surface area contributed by atoms with Gasteiger partial charge < -0.3 is 9.64 Å². The Bertz CT molecular complexity index is 508. The molecule has 0 saturated carbocycles. The van der Waals surface area contributed by atoms with Crippen molar-refractivity contribution in [3.8, 4) is 0 Å². The SMILES string of the molecule is CCOC(C)n1ncc2c1CSC(=CN(C)C)C2=O. The van der Waals surface area contributed by atoms with E-state index < -0.39 is 0 Å². The molecule has 1 aromatic heterocycles. The molecule has 1 unspecified atom stereocenters. The van der Waals surface area contributed by atoms with Crippen molar-refractivity contribution in [1.29, 1.82) is 0 Å². The number of ether oxygens (including phenoxy) is 1. The molecule has 0 amide bonds. The molecular weight excluding hydrogens is 262 g/mol. The molecule has 1 aliphatic heterocycles. The number of ketones is 1. The summed E-state index contributed by atoms with van der Waals surface area (Å²) in [7, 11) is 3.83. The normalized spacial score (nSPS) is 18.5. The monoisotopic (exact) mass is 281 g/mol. The van der Waals surface area contributed by atoms with Crippen LogP contribution >= 0.6 is 11.8 Å². The molecule has 0 aromatic carbocycles. The van der Waals surface area contributed by atoms with E-state index in [1.807, 2.05) is 39.0 Å². The van der Waals surface area contributed by atoms with Gasteiger partial charge in [0.2, 0.25) is 5.78 Å². The number of Topliss-reactive ketones (excluding diaryl/α,β-unsaturated/α-hetero) is 1. The van der Waals surface area contributed by atoms with Gasteiger partial charge >= 0.3 is 0 Å². The van der Waals surface area contributed by atoms with Crippen molar-refractivity contribution in [2.75, 3.05) is 20.7 Å². The molecule has 0 bridgehead atoms. The van der Waals surface area contributed by atoms with E-state index in [-0.39, 0.29) is 12.0 Å². The second-order valence-corrected chi connectivity index (χ2v) is 5.60. The standard InChI is InChI=1S/C13H19N3O2S/c1-5-18-9(2)16-11-8-19-12(7-15(3)4)13(17)10(11)6-14-16/h6-7,9H,5,8H2,1-4H3. The molecular formula is C13H19N3O2S. The number of carbonyl (C=O) groups excluding carboxylic acids is 1. The molecule has 0 saturated heterocycles. The van der Waals surface area contributed by atoms with Gasteiger partial charge in [0.05, 0.1) is 22.4 Å². The highest BCUT2D eigenvalue weighted by molar-refractivity contribution is 8.03. The summed E-state index contributed by atoms with van der Waals surface area (Å²) in [5.74, 6) is 0.799. The zero-order valence-electron chi connectivity index (χ0n) is 11.7. The van der Waals surface area contributed by atoms with Crippen molar-refractivity contribution >= 4 is 17.5 Å². The molecule has 0 aliphatic carbocycles. The van der Waals surface area contributed by atoms with Crippen LogP contribution in [0.1, 0.15) is 36.1 Å². The minimum Gasteiger partial charge on any atom is -0.382 e. The van der Waals surface area contributed by atoms with E-state index in [0.29, 0.717) is 12.2 Å². The van der Waals surface area contributed by atoms with Crippen molar-refractivity contribution in [1.82, 2.24) is 14.7 Å². The second kappa shape index (κ2) is 5.79. The summed E-state index contributed by atoms with van der Waals surface area (Å²) in [5, 5.41) is 4.30. The van der Waals surface area contributed by atoms with E-state index >= 15 is 0 Å². The number of allylic oxidation sites excluding steroid dienone is 1. The molecule has 5 nitrogen and oxygen atoms in total. The third kappa shape index (κ3) is 2.84. The molecule has 0 fully saturated rings. The Kier molecular flexibility index (Phi) is 4.31. The Balaban J connectivity index is 2.30. The fraction of sp³-hybridized carbons (Fsp3) is 0.538. The lowest BCUT2D eigenvalue weighted by atomic mass is 10.1. The van der Waals surface area contributed by atoms with E-state index in [9.17, 15) is 4.79 Å². The van der Waals surface area contributed by atoms with Crippen LogP contribution in [0.5, 0.6) is 0 Å². The van der Waals surface area contributed by atoms with Crippen molar-refractivity contribution in [3.63, 3.8) is 0 Å². The van der Waals surface area contributed by atoms with Crippen LogP contribution in [0.15, 0.2) is 17.3 Å². The molecule has 19 heavy (non-hydrogen) atoms. The summed E-state index contributed by atoms with van der Waals surface area (Å²) < 4.78 is 7.34. The summed E-state index contributed by atoms with van der Waals surface area (Å²) in [6.45, 7) is 4.52. The van der Waals surface area contributed by atoms with Crippen LogP contribution in [0.3, 0.4) is 0 Å². The number of thioether (sulfide) groups is 1. The van der Waals surface area contributed by atoms with Crippen LogP contribution < -0.4 is 0 Å². The van der Waals surface area contributed by atoms with E-state index in [2.05, 4.69) is 5.10 Å². The van der Waals surface area contributed by atoms with Crippen LogP contribution in [0.2, 0.25) is 0 Å². The zero-order valence-corrected chi connectivity index (χ0v) is 12.5. The summed E-state index contributed by atoms with van der Waals surface area (Å²) >= 11 is 1.55. The van der Waals surface area contributed by atoms with Gasteiger partial charge in [-0.1, -0.05) is 0 Å². The third-order valence-corrected chi connectivity index (χ3v) is 3.88. The number of hydrogen-bond donors (Lipinski definition) is 0. The molecule has 0 radical (unpaired) electrons. The van der Waals surface area contributed by atoms with Gasteiger partial charge in [0.15, 0.2) is 0 Å². The van der Waals surface area contributed by atoms with Crippen LogP contribution in [0, 0.1) is 0 Å². The van der Waals surface area contributed by atoms with E-state index in [4.69, 9.17) is 4.74 Å². The van der Waals surface area contributed by atoms with Gasteiger partial charge in [-0.15, -0.1) is 11.8 Å². The van der Waals surface area contributed by atoms with Gasteiger partial charge in [0.1, 0.15) is 6.23 Å². The second-order valence-electron chi connectivity index (χ2n) is 4.58. The molecule has 104 valence electrons. The number of aromatic nitrogens is 2. The summed E-state index contributed by atoms with van der Waals surface area (Å²) in [5.41, 5.74) is 1.64. The first-order chi connectivity index (χ1) is 9.04. The highest BCUT2D eigenvalue weighted by atomic mass is 32.2. The maximum Gasteiger partial charge on any atom is 0.204 e. The fourth-order valence-electron chi connectivity index (χ4n) is 2.02. The number of nitrogens with zero attached hydrogens (tertiary/aromatic N) is 3. The maximum absolute atomic E-state index is 12.3. The number of carbonyl (C=O) groups is 1. The minimum atomic E-state index is -0.137. The number of rotatable bonds is 4. The zero-order chi connectivity index (χ0) is 14.0. The van der Waals surface area contributed by atoms with Crippen molar-refractivity contribution in [2.45, 2.75) is 25.8 Å². The quantitative estimate of drug-likeness (QED) is 0.792. The Morgan fingerprint density at radius 3 is 3.00 bits per heavy atom. The summed E-state index contributed by atoms with van der Waals surface area (Å²) in [6, 6.07) is 0. The van der Waals surface area contributed by atoms with Gasteiger partial charge in [0.25, 0.3) is 0 Å². The number of hydrogen-bond acceptors (Lipinski definition) is 5. The van der Waals surface area contributed by atoms with Gasteiger partial charge in [-0.25, -0.2) is 4.68 Å². The van der Waals surface area contributed by atoms with Crippen LogP contribution in [-0.2, 0) is 10.5 Å². The van der Waals surface area contributed by atoms with Gasteiger partial charge in [-0.05, 0) is 13.8 Å². The molecule has 0 N–H and O–H groups in total. The van der Waals surface area contributed by atoms with Gasteiger partial charge in [-0.2, -0.15) is 5.10 Å². The fourth-order valence-corrected chi connectivity index (χ4v) is 3.13. The Labute approximate surface area is 117 Å². The Hall–Kier alpha value is -1.27. The minimum absolute atomic E-state index is 0.0508. The smallest absolute Gasteiger partial charge is 0.204 e. The van der Waals surface area contributed by atoms with Gasteiger partial charge in [-0.3, -0.25) is 4.79 Å². The van der Waals surface area contributed by atoms with Gasteiger partial charge in [0, 0.05) is 32.7 Å². The van der Waals surface area contributed by atoms with Crippen molar-refractivity contribution in [2.24, 2.45) is 0 Å². The average molecular weight is 281 g/mol. The lowest BCUT2D eigenvalue weighted by Crippen LogP contribution is -2.18. The third-order valence-electron chi connectivity index (χ3n) is 2.86. The molecule has 6 heteroatoms. The highest BCUT2D eigenvalue weighted by Crippen LogP contribution is 2.34. The van der Waals surface area contributed by atoms with E-state index in [1.165, 1.54) is 0 Å².